The number of hydrogen-bond donors (Lipinski definition) is 2. The van der Waals surface area contributed by atoms with Crippen LogP contribution in [0.1, 0.15) is 30.9 Å². The first-order chi connectivity index (χ1) is 13.4. The van der Waals surface area contributed by atoms with Gasteiger partial charge in [-0.25, -0.2) is 0 Å². The van der Waals surface area contributed by atoms with E-state index in [4.69, 9.17) is 16.3 Å². The van der Waals surface area contributed by atoms with Gasteiger partial charge in [-0.3, -0.25) is 9.59 Å². The second kappa shape index (κ2) is 9.11. The standard InChI is InChI=1S/C22H25ClN2O3/c1-14-12-17(23)8-11-20(14)28-15(2)21(26)25-19(22(27)24-18-9-10-18)13-16-6-4-3-5-7-16/h3-8,11-12,15,18-19H,9-10,13H2,1-2H3,(H,24,27)(H,25,26). The maximum Gasteiger partial charge on any atom is 0.261 e. The molecule has 1 fully saturated rings. The summed E-state index contributed by atoms with van der Waals surface area (Å²) < 4.78 is 5.78. The van der Waals surface area contributed by atoms with E-state index in [9.17, 15) is 9.59 Å². The quantitative estimate of drug-likeness (QED) is 0.713. The number of carbonyl (C=O) groups is 2. The molecule has 1 aliphatic carbocycles. The van der Waals surface area contributed by atoms with Crippen LogP contribution in [0, 0.1) is 6.92 Å². The second-order valence-electron chi connectivity index (χ2n) is 7.20. The summed E-state index contributed by atoms with van der Waals surface area (Å²) in [6.45, 7) is 3.54. The van der Waals surface area contributed by atoms with Crippen LogP contribution in [-0.4, -0.2) is 30.0 Å². The van der Waals surface area contributed by atoms with Crippen LogP contribution in [0.3, 0.4) is 0 Å². The van der Waals surface area contributed by atoms with Crippen molar-refractivity contribution in [3.63, 3.8) is 0 Å². The summed E-state index contributed by atoms with van der Waals surface area (Å²) in [5, 5.41) is 6.43. The maximum atomic E-state index is 12.7. The number of amides is 2. The van der Waals surface area contributed by atoms with E-state index in [1.165, 1.54) is 0 Å². The molecule has 2 amide bonds. The first-order valence-electron chi connectivity index (χ1n) is 9.50. The number of carbonyl (C=O) groups excluding carboxylic acids is 2. The zero-order valence-corrected chi connectivity index (χ0v) is 16.8. The Bertz CT molecular complexity index is 837. The average Bonchev–Trinajstić information content (AvgIpc) is 3.48. The van der Waals surface area contributed by atoms with Crippen molar-refractivity contribution in [3.8, 4) is 5.75 Å². The fraction of sp³-hybridized carbons (Fsp3) is 0.364. The second-order valence-corrected chi connectivity index (χ2v) is 7.64. The summed E-state index contributed by atoms with van der Waals surface area (Å²) in [5.74, 6) is 0.102. The molecule has 1 aliphatic rings. The van der Waals surface area contributed by atoms with E-state index < -0.39 is 12.1 Å². The van der Waals surface area contributed by atoms with Crippen molar-refractivity contribution in [2.75, 3.05) is 0 Å². The number of rotatable bonds is 8. The van der Waals surface area contributed by atoms with E-state index in [1.807, 2.05) is 37.3 Å². The Labute approximate surface area is 170 Å². The van der Waals surface area contributed by atoms with E-state index in [-0.39, 0.29) is 17.9 Å². The molecule has 1 saturated carbocycles. The van der Waals surface area contributed by atoms with Gasteiger partial charge in [0, 0.05) is 17.5 Å². The highest BCUT2D eigenvalue weighted by atomic mass is 35.5. The minimum absolute atomic E-state index is 0.158. The number of benzene rings is 2. The molecular weight excluding hydrogens is 376 g/mol. The molecule has 0 aliphatic heterocycles. The third-order valence-electron chi connectivity index (χ3n) is 4.65. The van der Waals surface area contributed by atoms with Crippen LogP contribution in [0.15, 0.2) is 48.5 Å². The van der Waals surface area contributed by atoms with Gasteiger partial charge in [0.05, 0.1) is 0 Å². The van der Waals surface area contributed by atoms with Gasteiger partial charge in [0.1, 0.15) is 11.8 Å². The van der Waals surface area contributed by atoms with Gasteiger partial charge in [0.15, 0.2) is 6.10 Å². The Morgan fingerprint density at radius 1 is 1.14 bits per heavy atom. The van der Waals surface area contributed by atoms with Gasteiger partial charge in [-0.1, -0.05) is 41.9 Å². The fourth-order valence-electron chi connectivity index (χ4n) is 2.87. The summed E-state index contributed by atoms with van der Waals surface area (Å²) >= 11 is 5.96. The minimum Gasteiger partial charge on any atom is -0.481 e. The number of nitrogens with one attached hydrogen (secondary N) is 2. The summed E-state index contributed by atoms with van der Waals surface area (Å²) in [7, 11) is 0. The van der Waals surface area contributed by atoms with Crippen LogP contribution in [0.2, 0.25) is 5.02 Å². The van der Waals surface area contributed by atoms with Gasteiger partial charge in [-0.05, 0) is 56.0 Å². The van der Waals surface area contributed by atoms with Crippen molar-refractivity contribution in [1.82, 2.24) is 10.6 Å². The number of aryl methyl sites for hydroxylation is 1. The first-order valence-corrected chi connectivity index (χ1v) is 9.87. The molecule has 28 heavy (non-hydrogen) atoms. The van der Waals surface area contributed by atoms with E-state index >= 15 is 0 Å². The largest absolute Gasteiger partial charge is 0.481 e. The normalized spacial score (nSPS) is 15.4. The van der Waals surface area contributed by atoms with Crippen molar-refractivity contribution in [1.29, 1.82) is 0 Å². The maximum absolute atomic E-state index is 12.7. The number of ether oxygens (including phenoxy) is 1. The van der Waals surface area contributed by atoms with Gasteiger partial charge in [0.2, 0.25) is 5.91 Å². The summed E-state index contributed by atoms with van der Waals surface area (Å²) in [6.07, 6.45) is 1.67. The Hall–Kier alpha value is -2.53. The first kappa shape index (κ1) is 20.2. The van der Waals surface area contributed by atoms with E-state index in [2.05, 4.69) is 10.6 Å². The van der Waals surface area contributed by atoms with Gasteiger partial charge < -0.3 is 15.4 Å². The Morgan fingerprint density at radius 2 is 1.86 bits per heavy atom. The van der Waals surface area contributed by atoms with Crippen molar-refractivity contribution in [2.24, 2.45) is 0 Å². The Morgan fingerprint density at radius 3 is 2.50 bits per heavy atom. The molecule has 3 rings (SSSR count). The highest BCUT2D eigenvalue weighted by Gasteiger charge is 2.30. The van der Waals surface area contributed by atoms with E-state index in [1.54, 1.807) is 25.1 Å². The molecule has 0 spiro atoms. The third kappa shape index (κ3) is 5.73. The topological polar surface area (TPSA) is 67.4 Å². The molecule has 0 radical (unpaired) electrons. The molecule has 5 nitrogen and oxygen atoms in total. The van der Waals surface area contributed by atoms with Gasteiger partial charge in [-0.15, -0.1) is 0 Å². The molecule has 2 atom stereocenters. The summed E-state index contributed by atoms with van der Waals surface area (Å²) in [5.41, 5.74) is 1.83. The van der Waals surface area contributed by atoms with Crippen LogP contribution in [0.4, 0.5) is 0 Å². The monoisotopic (exact) mass is 400 g/mol. The molecule has 0 saturated heterocycles. The van der Waals surface area contributed by atoms with Crippen molar-refractivity contribution in [3.05, 3.63) is 64.7 Å². The van der Waals surface area contributed by atoms with Gasteiger partial charge in [-0.2, -0.15) is 0 Å². The summed E-state index contributed by atoms with van der Waals surface area (Å²) in [6, 6.07) is 14.5. The van der Waals surface area contributed by atoms with E-state index in [0.717, 1.165) is 24.0 Å². The van der Waals surface area contributed by atoms with Crippen molar-refractivity contribution >= 4 is 23.4 Å². The molecule has 0 bridgehead atoms. The zero-order valence-electron chi connectivity index (χ0n) is 16.1. The zero-order chi connectivity index (χ0) is 20.1. The predicted molar refractivity (Wildman–Crippen MR) is 110 cm³/mol. The van der Waals surface area contributed by atoms with Crippen LogP contribution >= 0.6 is 11.6 Å². The van der Waals surface area contributed by atoms with Crippen molar-refractivity contribution in [2.45, 2.75) is 51.3 Å². The molecule has 2 aromatic rings. The Kier molecular flexibility index (Phi) is 6.57. The van der Waals surface area contributed by atoms with Crippen LogP contribution in [0.5, 0.6) is 5.75 Å². The van der Waals surface area contributed by atoms with Crippen LogP contribution in [0.25, 0.3) is 0 Å². The average molecular weight is 401 g/mol. The lowest BCUT2D eigenvalue weighted by Crippen LogP contribution is -2.51. The molecule has 6 heteroatoms. The highest BCUT2D eigenvalue weighted by molar-refractivity contribution is 6.30. The molecular formula is C22H25ClN2O3. The lowest BCUT2D eigenvalue weighted by Gasteiger charge is -2.22. The smallest absolute Gasteiger partial charge is 0.261 e. The SMILES string of the molecule is Cc1cc(Cl)ccc1OC(C)C(=O)NC(Cc1ccccc1)C(=O)NC1CC1. The van der Waals surface area contributed by atoms with Crippen molar-refractivity contribution < 1.29 is 14.3 Å². The molecule has 148 valence electrons. The summed E-state index contributed by atoms with van der Waals surface area (Å²) in [4.78, 5) is 25.3. The lowest BCUT2D eigenvalue weighted by molar-refractivity contribution is -0.132. The van der Waals surface area contributed by atoms with Crippen LogP contribution < -0.4 is 15.4 Å². The number of hydrogen-bond acceptors (Lipinski definition) is 3. The molecule has 0 heterocycles. The molecule has 2 aromatic carbocycles. The van der Waals surface area contributed by atoms with E-state index in [0.29, 0.717) is 17.2 Å². The minimum atomic E-state index is -0.744. The fourth-order valence-corrected chi connectivity index (χ4v) is 3.09. The third-order valence-corrected chi connectivity index (χ3v) is 4.88. The van der Waals surface area contributed by atoms with Crippen LogP contribution in [-0.2, 0) is 16.0 Å². The molecule has 2 N–H and O–H groups in total. The number of halogens is 1. The van der Waals surface area contributed by atoms with Gasteiger partial charge in [0.25, 0.3) is 5.91 Å². The molecule has 0 aromatic heterocycles. The molecule has 2 unspecified atom stereocenters. The van der Waals surface area contributed by atoms with Gasteiger partial charge >= 0.3 is 0 Å². The Balaban J connectivity index is 1.65. The highest BCUT2D eigenvalue weighted by Crippen LogP contribution is 2.23. The lowest BCUT2D eigenvalue weighted by atomic mass is 10.0. The predicted octanol–water partition coefficient (Wildman–Crippen LogP) is 3.42.